The minimum Gasteiger partial charge on any atom is -0.481 e. The molecule has 1 aromatic carbocycles. The molecule has 0 bridgehead atoms. The predicted octanol–water partition coefficient (Wildman–Crippen LogP) is 3.64. The molecule has 7 heteroatoms. The molecule has 0 aliphatic rings. The zero-order valence-electron chi connectivity index (χ0n) is 16.2. The first kappa shape index (κ1) is 21.0. The molecule has 0 atom stereocenters. The number of aryl methyl sites for hydroxylation is 1. The fourth-order valence-corrected chi connectivity index (χ4v) is 3.14. The van der Waals surface area contributed by atoms with Crippen molar-refractivity contribution in [1.82, 2.24) is 14.7 Å². The Bertz CT molecular complexity index is 813. The minimum absolute atomic E-state index is 0.0551. The molecule has 2 aromatic rings. The van der Waals surface area contributed by atoms with E-state index in [2.05, 4.69) is 5.10 Å². The van der Waals surface area contributed by atoms with Crippen LogP contribution in [0.1, 0.15) is 37.2 Å². The highest BCUT2D eigenvalue weighted by Gasteiger charge is 2.21. The van der Waals surface area contributed by atoms with E-state index in [9.17, 15) is 9.59 Å². The number of amides is 1. The van der Waals surface area contributed by atoms with Crippen molar-refractivity contribution in [2.45, 2.75) is 40.5 Å². The number of halogens is 1. The third kappa shape index (κ3) is 5.57. The molecule has 1 aromatic heterocycles. The summed E-state index contributed by atoms with van der Waals surface area (Å²) in [4.78, 5) is 25.4. The molecule has 1 heterocycles. The molecule has 146 valence electrons. The van der Waals surface area contributed by atoms with Crippen molar-refractivity contribution in [3.05, 3.63) is 46.2 Å². The number of benzene rings is 1. The third-order valence-electron chi connectivity index (χ3n) is 4.37. The summed E-state index contributed by atoms with van der Waals surface area (Å²) in [5, 5.41) is 14.2. The summed E-state index contributed by atoms with van der Waals surface area (Å²) < 4.78 is 1.80. The average molecular weight is 392 g/mol. The van der Waals surface area contributed by atoms with Gasteiger partial charge in [0, 0.05) is 29.4 Å². The Balaban J connectivity index is 2.23. The molecule has 0 radical (unpaired) electrons. The number of carboxylic acids is 1. The first-order chi connectivity index (χ1) is 12.7. The number of carboxylic acid groups (broad SMARTS) is 1. The molecule has 1 amide bonds. The van der Waals surface area contributed by atoms with Crippen LogP contribution in [0.4, 0.5) is 0 Å². The van der Waals surface area contributed by atoms with Gasteiger partial charge in [-0.2, -0.15) is 5.10 Å². The number of aromatic nitrogens is 2. The van der Waals surface area contributed by atoms with Gasteiger partial charge in [0.2, 0.25) is 5.91 Å². The van der Waals surface area contributed by atoms with Crippen molar-refractivity contribution in [2.75, 3.05) is 13.1 Å². The van der Waals surface area contributed by atoms with E-state index in [4.69, 9.17) is 16.7 Å². The number of carbonyl (C=O) groups excluding carboxylic acids is 1. The Morgan fingerprint density at radius 1 is 1.22 bits per heavy atom. The summed E-state index contributed by atoms with van der Waals surface area (Å²) in [7, 11) is 0. The lowest BCUT2D eigenvalue weighted by molar-refractivity contribution is -0.138. The van der Waals surface area contributed by atoms with Crippen molar-refractivity contribution in [3.8, 4) is 5.69 Å². The van der Waals surface area contributed by atoms with E-state index in [0.717, 1.165) is 22.6 Å². The van der Waals surface area contributed by atoms with Crippen LogP contribution < -0.4 is 0 Å². The highest BCUT2D eigenvalue weighted by atomic mass is 35.5. The summed E-state index contributed by atoms with van der Waals surface area (Å²) >= 11 is 5.95. The van der Waals surface area contributed by atoms with Crippen molar-refractivity contribution in [1.29, 1.82) is 0 Å². The van der Waals surface area contributed by atoms with Gasteiger partial charge < -0.3 is 10.0 Å². The molecule has 0 spiro atoms. The van der Waals surface area contributed by atoms with Crippen LogP contribution in [-0.4, -0.2) is 44.8 Å². The summed E-state index contributed by atoms with van der Waals surface area (Å²) in [5.74, 6) is -0.715. The zero-order valence-corrected chi connectivity index (χ0v) is 17.0. The fraction of sp³-hybridized carbons (Fsp3) is 0.450. The molecular weight excluding hydrogens is 366 g/mol. The van der Waals surface area contributed by atoms with Crippen molar-refractivity contribution >= 4 is 23.5 Å². The maximum absolute atomic E-state index is 12.8. The first-order valence-corrected chi connectivity index (χ1v) is 9.37. The summed E-state index contributed by atoms with van der Waals surface area (Å²) in [6, 6.07) is 7.36. The second-order valence-electron chi connectivity index (χ2n) is 7.09. The number of carbonyl (C=O) groups is 2. The van der Waals surface area contributed by atoms with E-state index < -0.39 is 5.97 Å². The maximum Gasteiger partial charge on any atom is 0.305 e. The van der Waals surface area contributed by atoms with Gasteiger partial charge in [-0.3, -0.25) is 9.59 Å². The van der Waals surface area contributed by atoms with Gasteiger partial charge in [0.1, 0.15) is 0 Å². The van der Waals surface area contributed by atoms with E-state index in [0.29, 0.717) is 11.6 Å². The summed E-state index contributed by atoms with van der Waals surface area (Å²) in [6.07, 6.45) is 0.151. The Morgan fingerprint density at radius 2 is 1.85 bits per heavy atom. The molecule has 0 aliphatic heterocycles. The van der Waals surface area contributed by atoms with Crippen LogP contribution >= 0.6 is 11.6 Å². The molecule has 2 rings (SSSR count). The number of aliphatic carboxylic acids is 1. The minimum atomic E-state index is -0.903. The molecule has 0 saturated heterocycles. The lowest BCUT2D eigenvalue weighted by atomic mass is 10.1. The molecule has 0 aliphatic carbocycles. The largest absolute Gasteiger partial charge is 0.481 e. The van der Waals surface area contributed by atoms with Crippen molar-refractivity contribution in [3.63, 3.8) is 0 Å². The van der Waals surface area contributed by atoms with Crippen LogP contribution in [0.3, 0.4) is 0 Å². The number of rotatable bonds is 8. The predicted molar refractivity (Wildman–Crippen MR) is 105 cm³/mol. The Kier molecular flexibility index (Phi) is 7.02. The second kappa shape index (κ2) is 9.04. The molecular formula is C20H26ClN3O3. The molecule has 0 unspecified atom stereocenters. The van der Waals surface area contributed by atoms with E-state index in [1.807, 2.05) is 39.8 Å². The summed E-state index contributed by atoms with van der Waals surface area (Å²) in [5.41, 5.74) is 3.44. The highest BCUT2D eigenvalue weighted by molar-refractivity contribution is 6.30. The number of nitrogens with zero attached hydrogens (tertiary/aromatic N) is 3. The lowest BCUT2D eigenvalue weighted by Crippen LogP contribution is -2.37. The van der Waals surface area contributed by atoms with E-state index in [-0.39, 0.29) is 31.2 Å². The fourth-order valence-electron chi connectivity index (χ4n) is 3.02. The van der Waals surface area contributed by atoms with Gasteiger partial charge in [0.25, 0.3) is 0 Å². The number of hydrogen-bond acceptors (Lipinski definition) is 3. The standard InChI is InChI=1S/C20H26ClN3O3/c1-13(2)12-23(10-9-20(26)27)19(25)11-18-14(3)22-24(15(18)4)17-7-5-16(21)6-8-17/h5-8,13H,9-12H2,1-4H3,(H,26,27). The van der Waals surface area contributed by atoms with Gasteiger partial charge in [-0.15, -0.1) is 0 Å². The quantitative estimate of drug-likeness (QED) is 0.745. The maximum atomic E-state index is 12.8. The monoisotopic (exact) mass is 391 g/mol. The van der Waals surface area contributed by atoms with Gasteiger partial charge in [-0.25, -0.2) is 4.68 Å². The first-order valence-electron chi connectivity index (χ1n) is 8.99. The van der Waals surface area contributed by atoms with Crippen molar-refractivity contribution in [2.24, 2.45) is 5.92 Å². The highest BCUT2D eigenvalue weighted by Crippen LogP contribution is 2.21. The molecule has 0 fully saturated rings. The van der Waals surface area contributed by atoms with Crippen LogP contribution in [0.5, 0.6) is 0 Å². The molecule has 27 heavy (non-hydrogen) atoms. The Morgan fingerprint density at radius 3 is 2.41 bits per heavy atom. The van der Waals surface area contributed by atoms with Gasteiger partial charge in [0.05, 0.1) is 24.2 Å². The molecule has 0 saturated carbocycles. The Labute approximate surface area is 164 Å². The van der Waals surface area contributed by atoms with E-state index in [1.54, 1.807) is 21.7 Å². The second-order valence-corrected chi connectivity index (χ2v) is 7.53. The van der Waals surface area contributed by atoms with Crippen LogP contribution in [-0.2, 0) is 16.0 Å². The SMILES string of the molecule is Cc1nn(-c2ccc(Cl)cc2)c(C)c1CC(=O)N(CCC(=O)O)CC(C)C. The third-order valence-corrected chi connectivity index (χ3v) is 4.63. The normalized spacial score (nSPS) is 11.0. The summed E-state index contributed by atoms with van der Waals surface area (Å²) in [6.45, 7) is 8.59. The van der Waals surface area contributed by atoms with Crippen LogP contribution in [0, 0.1) is 19.8 Å². The lowest BCUT2D eigenvalue weighted by Gasteiger charge is -2.24. The van der Waals surface area contributed by atoms with E-state index in [1.165, 1.54) is 0 Å². The molecule has 6 nitrogen and oxygen atoms in total. The van der Waals surface area contributed by atoms with Crippen LogP contribution in [0.2, 0.25) is 5.02 Å². The van der Waals surface area contributed by atoms with E-state index >= 15 is 0 Å². The van der Waals surface area contributed by atoms with Gasteiger partial charge >= 0.3 is 5.97 Å². The van der Waals surface area contributed by atoms with Gasteiger partial charge in [-0.05, 0) is 44.0 Å². The van der Waals surface area contributed by atoms with Gasteiger partial charge in [0.15, 0.2) is 0 Å². The van der Waals surface area contributed by atoms with Gasteiger partial charge in [-0.1, -0.05) is 25.4 Å². The van der Waals surface area contributed by atoms with Crippen LogP contribution in [0.25, 0.3) is 5.69 Å². The molecule has 1 N–H and O–H groups in total. The Hall–Kier alpha value is -2.34. The zero-order chi connectivity index (χ0) is 20.1. The topological polar surface area (TPSA) is 75.4 Å². The van der Waals surface area contributed by atoms with Crippen LogP contribution in [0.15, 0.2) is 24.3 Å². The average Bonchev–Trinajstić information content (AvgIpc) is 2.87. The van der Waals surface area contributed by atoms with Crippen molar-refractivity contribution < 1.29 is 14.7 Å². The number of hydrogen-bond donors (Lipinski definition) is 1. The smallest absolute Gasteiger partial charge is 0.305 e.